The molecule has 1 heterocycles. The molecule has 0 radical (unpaired) electrons. The number of amides is 1. The zero-order chi connectivity index (χ0) is 15.4. The van der Waals surface area contributed by atoms with E-state index in [9.17, 15) is 9.59 Å². The highest BCUT2D eigenvalue weighted by Gasteiger charge is 2.10. The van der Waals surface area contributed by atoms with Crippen LogP contribution < -0.4 is 11.1 Å². The minimum Gasteiger partial charge on any atom is -0.478 e. The van der Waals surface area contributed by atoms with E-state index in [4.69, 9.17) is 22.4 Å². The van der Waals surface area contributed by atoms with Gasteiger partial charge in [-0.2, -0.15) is 0 Å². The molecule has 1 amide bonds. The largest absolute Gasteiger partial charge is 0.478 e. The van der Waals surface area contributed by atoms with E-state index in [1.54, 1.807) is 12.1 Å². The summed E-state index contributed by atoms with van der Waals surface area (Å²) in [5.41, 5.74) is 7.00. The van der Waals surface area contributed by atoms with Crippen LogP contribution in [0, 0.1) is 0 Å². The van der Waals surface area contributed by atoms with E-state index >= 15 is 0 Å². The van der Waals surface area contributed by atoms with Crippen LogP contribution >= 0.6 is 11.6 Å². The van der Waals surface area contributed by atoms with Crippen LogP contribution in [0.5, 0.6) is 0 Å². The topological polar surface area (TPSA) is 105 Å². The van der Waals surface area contributed by atoms with Crippen molar-refractivity contribution in [2.75, 3.05) is 11.1 Å². The van der Waals surface area contributed by atoms with Crippen LogP contribution in [-0.2, 0) is 11.2 Å². The fourth-order valence-electron chi connectivity index (χ4n) is 1.65. The molecule has 4 N–H and O–H groups in total. The number of hydrogen-bond donors (Lipinski definition) is 3. The lowest BCUT2D eigenvalue weighted by Gasteiger charge is -2.08. The maximum Gasteiger partial charge on any atom is 0.335 e. The van der Waals surface area contributed by atoms with E-state index in [0.717, 1.165) is 0 Å². The van der Waals surface area contributed by atoms with Gasteiger partial charge in [-0.15, -0.1) is 0 Å². The van der Waals surface area contributed by atoms with Crippen molar-refractivity contribution in [3.8, 4) is 0 Å². The predicted molar refractivity (Wildman–Crippen MR) is 79.4 cm³/mol. The van der Waals surface area contributed by atoms with E-state index < -0.39 is 5.97 Å². The summed E-state index contributed by atoms with van der Waals surface area (Å²) in [7, 11) is 0. The van der Waals surface area contributed by atoms with Gasteiger partial charge in [-0.3, -0.25) is 9.78 Å². The number of aromatic nitrogens is 1. The van der Waals surface area contributed by atoms with Gasteiger partial charge in [-0.1, -0.05) is 11.6 Å². The summed E-state index contributed by atoms with van der Waals surface area (Å²) in [6.45, 7) is 0. The Labute approximate surface area is 125 Å². The van der Waals surface area contributed by atoms with E-state index in [1.807, 2.05) is 0 Å². The first-order valence-corrected chi connectivity index (χ1v) is 6.36. The number of nitrogens with one attached hydrogen (secondary N) is 1. The number of rotatable bonds is 4. The number of carbonyl (C=O) groups is 2. The van der Waals surface area contributed by atoms with Gasteiger partial charge < -0.3 is 16.2 Å². The van der Waals surface area contributed by atoms with Crippen LogP contribution in [0.1, 0.15) is 16.1 Å². The Kier molecular flexibility index (Phi) is 4.39. The highest BCUT2D eigenvalue weighted by Crippen LogP contribution is 2.23. The number of anilines is 2. The number of nitrogen functional groups attached to an aromatic ring is 1. The number of carbonyl (C=O) groups excluding carboxylic acids is 1. The highest BCUT2D eigenvalue weighted by molar-refractivity contribution is 6.34. The molecular formula is C14H12ClN3O3. The Morgan fingerprint density at radius 2 is 2.05 bits per heavy atom. The summed E-state index contributed by atoms with van der Waals surface area (Å²) in [5.74, 6) is -1.39. The first kappa shape index (κ1) is 14.8. The Balaban J connectivity index is 2.06. The van der Waals surface area contributed by atoms with Gasteiger partial charge in [0.25, 0.3) is 0 Å². The predicted octanol–water partition coefficient (Wildman–Crippen LogP) is 2.20. The lowest BCUT2D eigenvalue weighted by atomic mass is 10.2. The number of carboxylic acids is 1. The number of nitrogens with zero attached hydrogens (tertiary/aromatic N) is 1. The smallest absolute Gasteiger partial charge is 0.335 e. The molecule has 1 aromatic carbocycles. The highest BCUT2D eigenvalue weighted by atomic mass is 35.5. The first-order valence-electron chi connectivity index (χ1n) is 5.99. The molecule has 0 aliphatic carbocycles. The maximum absolute atomic E-state index is 11.9. The van der Waals surface area contributed by atoms with Crippen molar-refractivity contribution in [1.82, 2.24) is 4.98 Å². The van der Waals surface area contributed by atoms with Crippen molar-refractivity contribution in [2.24, 2.45) is 0 Å². The van der Waals surface area contributed by atoms with E-state index in [2.05, 4.69) is 10.3 Å². The van der Waals surface area contributed by atoms with Crippen molar-refractivity contribution < 1.29 is 14.7 Å². The fraction of sp³-hybridized carbons (Fsp3) is 0.0714. The molecule has 0 aliphatic rings. The Morgan fingerprint density at radius 3 is 2.62 bits per heavy atom. The van der Waals surface area contributed by atoms with Gasteiger partial charge in [0.15, 0.2) is 0 Å². The third kappa shape index (κ3) is 3.93. The van der Waals surface area contributed by atoms with Gasteiger partial charge in [0.1, 0.15) is 0 Å². The Morgan fingerprint density at radius 1 is 1.29 bits per heavy atom. The number of carboxylic acid groups (broad SMARTS) is 1. The minimum absolute atomic E-state index is 0.0539. The standard InChI is InChI=1S/C14H12ClN3O3/c15-11-5-8(14(20)21)1-4-12(11)18-13(19)6-10-3-2-9(16)7-17-10/h1-5,7H,6,16H2,(H,18,19)(H,20,21). The summed E-state index contributed by atoms with van der Waals surface area (Å²) in [6.07, 6.45) is 1.54. The molecule has 21 heavy (non-hydrogen) atoms. The second-order valence-corrected chi connectivity index (χ2v) is 4.71. The zero-order valence-electron chi connectivity index (χ0n) is 10.8. The van der Waals surface area contributed by atoms with E-state index in [1.165, 1.54) is 24.4 Å². The maximum atomic E-state index is 11.9. The van der Waals surface area contributed by atoms with Crippen molar-refractivity contribution >= 4 is 34.9 Å². The molecule has 108 valence electrons. The lowest BCUT2D eigenvalue weighted by Crippen LogP contribution is -2.15. The van der Waals surface area contributed by atoms with Crippen LogP contribution in [0.2, 0.25) is 5.02 Å². The molecule has 2 rings (SSSR count). The van der Waals surface area contributed by atoms with Crippen LogP contribution in [0.4, 0.5) is 11.4 Å². The number of benzene rings is 1. The molecule has 2 aromatic rings. The van der Waals surface area contributed by atoms with Crippen LogP contribution in [0.3, 0.4) is 0 Å². The van der Waals surface area contributed by atoms with Gasteiger partial charge in [0.05, 0.1) is 34.6 Å². The quantitative estimate of drug-likeness (QED) is 0.803. The molecule has 0 spiro atoms. The molecular weight excluding hydrogens is 294 g/mol. The van der Waals surface area contributed by atoms with Crippen LogP contribution in [0.25, 0.3) is 0 Å². The number of pyridine rings is 1. The molecule has 0 saturated carbocycles. The SMILES string of the molecule is Nc1ccc(CC(=O)Nc2ccc(C(=O)O)cc2Cl)nc1. The summed E-state index contributed by atoms with van der Waals surface area (Å²) in [4.78, 5) is 26.7. The van der Waals surface area contributed by atoms with Gasteiger partial charge in [0, 0.05) is 5.69 Å². The van der Waals surface area contributed by atoms with Gasteiger partial charge in [0.2, 0.25) is 5.91 Å². The van der Waals surface area contributed by atoms with Gasteiger partial charge in [-0.25, -0.2) is 4.79 Å². The van der Waals surface area contributed by atoms with E-state index in [-0.39, 0.29) is 22.9 Å². The van der Waals surface area contributed by atoms with Crippen molar-refractivity contribution in [1.29, 1.82) is 0 Å². The summed E-state index contributed by atoms with van der Waals surface area (Å²) >= 11 is 5.93. The van der Waals surface area contributed by atoms with E-state index in [0.29, 0.717) is 17.1 Å². The third-order valence-corrected chi connectivity index (χ3v) is 2.99. The molecule has 0 fully saturated rings. The molecule has 0 bridgehead atoms. The summed E-state index contributed by atoms with van der Waals surface area (Å²) in [6, 6.07) is 7.40. The first-order chi connectivity index (χ1) is 9.95. The van der Waals surface area contributed by atoms with Crippen LogP contribution in [-0.4, -0.2) is 22.0 Å². The molecule has 7 heteroatoms. The molecule has 0 unspecified atom stereocenters. The Hall–Kier alpha value is -2.60. The number of nitrogens with two attached hydrogens (primary N) is 1. The van der Waals surface area contributed by atoms with Crippen molar-refractivity contribution in [2.45, 2.75) is 6.42 Å². The third-order valence-electron chi connectivity index (χ3n) is 2.68. The average molecular weight is 306 g/mol. The lowest BCUT2D eigenvalue weighted by molar-refractivity contribution is -0.115. The summed E-state index contributed by atoms with van der Waals surface area (Å²) in [5, 5.41) is 11.6. The average Bonchev–Trinajstić information content (AvgIpc) is 2.43. The molecule has 0 saturated heterocycles. The normalized spacial score (nSPS) is 10.1. The number of hydrogen-bond acceptors (Lipinski definition) is 4. The van der Waals surface area contributed by atoms with Crippen molar-refractivity contribution in [3.05, 3.63) is 52.8 Å². The zero-order valence-corrected chi connectivity index (χ0v) is 11.6. The second-order valence-electron chi connectivity index (χ2n) is 4.31. The minimum atomic E-state index is -1.08. The molecule has 1 aromatic heterocycles. The second kappa shape index (κ2) is 6.23. The molecule has 0 aliphatic heterocycles. The monoisotopic (exact) mass is 305 g/mol. The molecule has 6 nitrogen and oxygen atoms in total. The molecule has 0 atom stereocenters. The van der Waals surface area contributed by atoms with Crippen LogP contribution in [0.15, 0.2) is 36.5 Å². The fourth-order valence-corrected chi connectivity index (χ4v) is 1.88. The van der Waals surface area contributed by atoms with Crippen molar-refractivity contribution in [3.63, 3.8) is 0 Å². The number of halogens is 1. The number of aromatic carboxylic acids is 1. The van der Waals surface area contributed by atoms with Gasteiger partial charge >= 0.3 is 5.97 Å². The Bertz CT molecular complexity index is 686. The summed E-state index contributed by atoms with van der Waals surface area (Å²) < 4.78 is 0. The van der Waals surface area contributed by atoms with Gasteiger partial charge in [-0.05, 0) is 30.3 Å².